The molecule has 0 heterocycles. The normalized spacial score (nSPS) is 55.3. The van der Waals surface area contributed by atoms with E-state index in [9.17, 15) is 0 Å². The molecule has 2 fully saturated rings. The fourth-order valence-corrected chi connectivity index (χ4v) is 2.45. The highest BCUT2D eigenvalue weighted by Gasteiger charge is 2.55. The highest BCUT2D eigenvalue weighted by atomic mass is 14.7. The van der Waals surface area contributed by atoms with Crippen LogP contribution in [0.4, 0.5) is 0 Å². The van der Waals surface area contributed by atoms with Gasteiger partial charge in [-0.05, 0) is 43.1 Å². The van der Waals surface area contributed by atoms with E-state index in [4.69, 9.17) is 5.73 Å². The predicted octanol–water partition coefficient (Wildman–Crippen LogP) is 1.38. The molecule has 0 bridgehead atoms. The molecule has 3 unspecified atom stereocenters. The number of hydrogen-bond acceptors (Lipinski definition) is 1. The lowest BCUT2D eigenvalue weighted by molar-refractivity contribution is 0.447. The Bertz CT molecular complexity index is 133. The van der Waals surface area contributed by atoms with Gasteiger partial charge in [-0.1, -0.05) is 6.92 Å². The van der Waals surface area contributed by atoms with Crippen LogP contribution in [0.2, 0.25) is 0 Å². The maximum absolute atomic E-state index is 5.58. The lowest BCUT2D eigenvalue weighted by Gasteiger charge is -2.08. The summed E-state index contributed by atoms with van der Waals surface area (Å²) in [5, 5.41) is 0. The van der Waals surface area contributed by atoms with E-state index in [1.165, 1.54) is 19.3 Å². The summed E-state index contributed by atoms with van der Waals surface area (Å²) in [6.45, 7) is 3.33. The lowest BCUT2D eigenvalue weighted by Crippen LogP contribution is -2.12. The Labute approximate surface area is 56.6 Å². The Morgan fingerprint density at radius 3 is 2.67 bits per heavy atom. The number of nitrogens with two attached hydrogens (primary N) is 1. The van der Waals surface area contributed by atoms with Crippen LogP contribution in [0.25, 0.3) is 0 Å². The highest BCUT2D eigenvalue weighted by Crippen LogP contribution is 2.64. The van der Waals surface area contributed by atoms with Crippen LogP contribution < -0.4 is 5.73 Å². The Morgan fingerprint density at radius 1 is 1.56 bits per heavy atom. The molecule has 0 radical (unpaired) electrons. The van der Waals surface area contributed by atoms with E-state index in [1.807, 2.05) is 0 Å². The van der Waals surface area contributed by atoms with Gasteiger partial charge in [0.05, 0.1) is 0 Å². The minimum absolute atomic E-state index is 0.754. The zero-order valence-electron chi connectivity index (χ0n) is 6.06. The monoisotopic (exact) mass is 125 g/mol. The minimum Gasteiger partial charge on any atom is -0.330 e. The zero-order valence-corrected chi connectivity index (χ0v) is 6.06. The van der Waals surface area contributed by atoms with E-state index < -0.39 is 0 Å². The van der Waals surface area contributed by atoms with E-state index in [0.29, 0.717) is 0 Å². The molecule has 52 valence electrons. The summed E-state index contributed by atoms with van der Waals surface area (Å²) in [5.74, 6) is 1.93. The molecule has 0 aliphatic heterocycles. The molecule has 1 heteroatoms. The Balaban J connectivity index is 1.98. The molecule has 2 rings (SSSR count). The van der Waals surface area contributed by atoms with Crippen LogP contribution in [0.5, 0.6) is 0 Å². The SMILES string of the molecule is CC12CC(CN)CC1C2. The zero-order chi connectivity index (χ0) is 6.48. The van der Waals surface area contributed by atoms with Gasteiger partial charge in [-0.2, -0.15) is 0 Å². The largest absolute Gasteiger partial charge is 0.330 e. The molecule has 0 aromatic rings. The van der Waals surface area contributed by atoms with Crippen molar-refractivity contribution in [3.8, 4) is 0 Å². The van der Waals surface area contributed by atoms with Crippen molar-refractivity contribution in [1.29, 1.82) is 0 Å². The van der Waals surface area contributed by atoms with Crippen molar-refractivity contribution in [3.05, 3.63) is 0 Å². The van der Waals surface area contributed by atoms with Crippen LogP contribution >= 0.6 is 0 Å². The third-order valence-electron chi connectivity index (χ3n) is 3.24. The van der Waals surface area contributed by atoms with Crippen molar-refractivity contribution in [1.82, 2.24) is 0 Å². The van der Waals surface area contributed by atoms with Crippen LogP contribution in [0.15, 0.2) is 0 Å². The number of rotatable bonds is 1. The summed E-state index contributed by atoms with van der Waals surface area (Å²) in [5.41, 5.74) is 6.33. The topological polar surface area (TPSA) is 26.0 Å². The van der Waals surface area contributed by atoms with Crippen LogP contribution in [-0.2, 0) is 0 Å². The second-order valence-electron chi connectivity index (χ2n) is 4.10. The van der Waals surface area contributed by atoms with Crippen molar-refractivity contribution in [2.24, 2.45) is 23.0 Å². The van der Waals surface area contributed by atoms with Crippen molar-refractivity contribution in [3.63, 3.8) is 0 Å². The van der Waals surface area contributed by atoms with E-state index >= 15 is 0 Å². The van der Waals surface area contributed by atoms with Gasteiger partial charge in [0.2, 0.25) is 0 Å². The second-order valence-corrected chi connectivity index (χ2v) is 4.10. The first-order valence-corrected chi connectivity index (χ1v) is 3.95. The first-order valence-electron chi connectivity index (χ1n) is 3.95. The van der Waals surface area contributed by atoms with Crippen LogP contribution in [0, 0.1) is 17.3 Å². The van der Waals surface area contributed by atoms with E-state index in [2.05, 4.69) is 6.92 Å². The Hall–Kier alpha value is -0.0400. The van der Waals surface area contributed by atoms with Crippen LogP contribution in [0.3, 0.4) is 0 Å². The molecule has 2 saturated carbocycles. The van der Waals surface area contributed by atoms with Gasteiger partial charge in [0, 0.05) is 0 Å². The molecular formula is C8H15N. The first-order chi connectivity index (χ1) is 4.24. The fraction of sp³-hybridized carbons (Fsp3) is 1.00. The third kappa shape index (κ3) is 0.710. The highest BCUT2D eigenvalue weighted by molar-refractivity contribution is 5.06. The summed E-state index contributed by atoms with van der Waals surface area (Å²) >= 11 is 0. The summed E-state index contributed by atoms with van der Waals surface area (Å²) in [4.78, 5) is 0. The molecular weight excluding hydrogens is 110 g/mol. The van der Waals surface area contributed by atoms with Crippen molar-refractivity contribution < 1.29 is 0 Å². The average Bonchev–Trinajstić information content (AvgIpc) is 2.33. The molecule has 2 N–H and O–H groups in total. The molecule has 2 aliphatic carbocycles. The first kappa shape index (κ1) is 5.72. The summed E-state index contributed by atoms with van der Waals surface area (Å²) in [6.07, 6.45) is 4.32. The van der Waals surface area contributed by atoms with Gasteiger partial charge in [-0.3, -0.25) is 0 Å². The van der Waals surface area contributed by atoms with Crippen molar-refractivity contribution >= 4 is 0 Å². The molecule has 0 aromatic carbocycles. The maximum atomic E-state index is 5.58. The molecule has 2 aliphatic rings. The second kappa shape index (κ2) is 1.51. The lowest BCUT2D eigenvalue weighted by atomic mass is 9.99. The number of hydrogen-bond donors (Lipinski definition) is 1. The smallest absolute Gasteiger partial charge is 0.00486 e. The molecule has 0 aromatic heterocycles. The minimum atomic E-state index is 0.754. The Kier molecular flexibility index (Phi) is 0.963. The van der Waals surface area contributed by atoms with Crippen LogP contribution in [0.1, 0.15) is 26.2 Å². The third-order valence-corrected chi connectivity index (χ3v) is 3.24. The summed E-state index contributed by atoms with van der Waals surface area (Å²) < 4.78 is 0. The molecule has 1 nitrogen and oxygen atoms in total. The van der Waals surface area contributed by atoms with Gasteiger partial charge in [-0.15, -0.1) is 0 Å². The summed E-state index contributed by atoms with van der Waals surface area (Å²) in [6, 6.07) is 0. The average molecular weight is 125 g/mol. The van der Waals surface area contributed by atoms with Gasteiger partial charge in [0.25, 0.3) is 0 Å². The molecule has 0 saturated heterocycles. The quantitative estimate of drug-likeness (QED) is 0.563. The van der Waals surface area contributed by atoms with E-state index in [1.54, 1.807) is 0 Å². The van der Waals surface area contributed by atoms with Gasteiger partial charge in [0.15, 0.2) is 0 Å². The van der Waals surface area contributed by atoms with Crippen LogP contribution in [-0.4, -0.2) is 6.54 Å². The van der Waals surface area contributed by atoms with Gasteiger partial charge < -0.3 is 5.73 Å². The Morgan fingerprint density at radius 2 is 2.33 bits per heavy atom. The van der Waals surface area contributed by atoms with E-state index in [0.717, 1.165) is 23.8 Å². The fourth-order valence-electron chi connectivity index (χ4n) is 2.45. The van der Waals surface area contributed by atoms with Gasteiger partial charge >= 0.3 is 0 Å². The van der Waals surface area contributed by atoms with Crippen molar-refractivity contribution in [2.75, 3.05) is 6.54 Å². The van der Waals surface area contributed by atoms with Crippen molar-refractivity contribution in [2.45, 2.75) is 26.2 Å². The molecule has 0 amide bonds. The maximum Gasteiger partial charge on any atom is -0.00486 e. The van der Waals surface area contributed by atoms with Gasteiger partial charge in [0.1, 0.15) is 0 Å². The summed E-state index contributed by atoms with van der Waals surface area (Å²) in [7, 11) is 0. The standard InChI is InChI=1S/C8H15N/c1-8-3-6(5-9)2-7(8)4-8/h6-7H,2-5,9H2,1H3. The molecule has 9 heavy (non-hydrogen) atoms. The molecule has 3 atom stereocenters. The number of fused-ring (bicyclic) bond motifs is 1. The van der Waals surface area contributed by atoms with Gasteiger partial charge in [-0.25, -0.2) is 0 Å². The molecule has 0 spiro atoms. The predicted molar refractivity (Wildman–Crippen MR) is 38.0 cm³/mol. The van der Waals surface area contributed by atoms with E-state index in [-0.39, 0.29) is 0 Å².